The first-order valence-corrected chi connectivity index (χ1v) is 5.36. The van der Waals surface area contributed by atoms with Gasteiger partial charge < -0.3 is 14.4 Å². The van der Waals surface area contributed by atoms with Crippen LogP contribution in [0.15, 0.2) is 4.52 Å². The van der Waals surface area contributed by atoms with Gasteiger partial charge in [-0.15, -0.1) is 0 Å². The summed E-state index contributed by atoms with van der Waals surface area (Å²) in [6.45, 7) is 5.19. The first-order chi connectivity index (χ1) is 7.27. The Hall–Kier alpha value is -0.940. The predicted octanol–water partition coefficient (Wildman–Crippen LogP) is 1.48. The Morgan fingerprint density at radius 2 is 2.27 bits per heavy atom. The second-order valence-corrected chi connectivity index (χ2v) is 3.30. The molecule has 0 aliphatic heterocycles. The lowest BCUT2D eigenvalue weighted by atomic mass is 10.2. The summed E-state index contributed by atoms with van der Waals surface area (Å²) >= 11 is 0. The maximum Gasteiger partial charge on any atom is 0.229 e. The average molecular weight is 214 g/mol. The predicted molar refractivity (Wildman–Crippen MR) is 54.4 cm³/mol. The van der Waals surface area contributed by atoms with Gasteiger partial charge in [-0.3, -0.25) is 0 Å². The molecule has 0 bridgehead atoms. The first kappa shape index (κ1) is 12.1. The zero-order valence-electron chi connectivity index (χ0n) is 9.27. The Kier molecular flexibility index (Phi) is 5.28. The maximum atomic E-state index is 9.59. The number of hydrogen-bond acceptors (Lipinski definition) is 5. The summed E-state index contributed by atoms with van der Waals surface area (Å²) in [6, 6.07) is 0. The monoisotopic (exact) mass is 214 g/mol. The summed E-state index contributed by atoms with van der Waals surface area (Å²) in [7, 11) is 0. The van der Waals surface area contributed by atoms with Crippen molar-refractivity contribution in [2.24, 2.45) is 0 Å². The van der Waals surface area contributed by atoms with Crippen LogP contribution in [0, 0.1) is 0 Å². The molecule has 1 atom stereocenters. The largest absolute Gasteiger partial charge is 0.385 e. The van der Waals surface area contributed by atoms with E-state index in [1.807, 2.05) is 13.8 Å². The van der Waals surface area contributed by atoms with Crippen molar-refractivity contribution in [3.05, 3.63) is 11.7 Å². The highest BCUT2D eigenvalue weighted by Crippen LogP contribution is 2.14. The fraction of sp³-hybridized carbons (Fsp3) is 0.800. The van der Waals surface area contributed by atoms with Crippen molar-refractivity contribution in [3.63, 3.8) is 0 Å². The molecular formula is C10H18N2O3. The van der Waals surface area contributed by atoms with Gasteiger partial charge in [0.25, 0.3) is 0 Å². The van der Waals surface area contributed by atoms with Crippen LogP contribution in [0.1, 0.15) is 44.5 Å². The van der Waals surface area contributed by atoms with E-state index in [2.05, 4.69) is 10.1 Å². The van der Waals surface area contributed by atoms with Crippen LogP contribution >= 0.6 is 0 Å². The van der Waals surface area contributed by atoms with E-state index in [4.69, 9.17) is 9.26 Å². The highest BCUT2D eigenvalue weighted by atomic mass is 16.5. The zero-order valence-corrected chi connectivity index (χ0v) is 9.27. The van der Waals surface area contributed by atoms with E-state index in [1.165, 1.54) is 0 Å². The zero-order chi connectivity index (χ0) is 11.1. The highest BCUT2D eigenvalue weighted by molar-refractivity contribution is 4.90. The van der Waals surface area contributed by atoms with Gasteiger partial charge in [0.2, 0.25) is 5.89 Å². The number of hydrogen-bond donors (Lipinski definition) is 1. The molecule has 0 spiro atoms. The molecule has 0 saturated heterocycles. The number of aromatic nitrogens is 2. The van der Waals surface area contributed by atoms with Crippen LogP contribution in [-0.4, -0.2) is 28.5 Å². The number of aliphatic hydroxyl groups excluding tert-OH is 1. The molecule has 1 aromatic rings. The third kappa shape index (κ3) is 3.97. The van der Waals surface area contributed by atoms with Crippen LogP contribution in [0.4, 0.5) is 0 Å². The van der Waals surface area contributed by atoms with Crippen molar-refractivity contribution >= 4 is 0 Å². The summed E-state index contributed by atoms with van der Waals surface area (Å²) in [5.41, 5.74) is 0. The molecule has 15 heavy (non-hydrogen) atoms. The van der Waals surface area contributed by atoms with Gasteiger partial charge in [-0.25, -0.2) is 0 Å². The Bertz CT molecular complexity index is 275. The molecular weight excluding hydrogens is 196 g/mol. The van der Waals surface area contributed by atoms with Gasteiger partial charge in [-0.05, 0) is 13.3 Å². The molecule has 1 unspecified atom stereocenters. The molecule has 1 heterocycles. The molecule has 0 radical (unpaired) electrons. The van der Waals surface area contributed by atoms with Gasteiger partial charge >= 0.3 is 0 Å². The third-order valence-corrected chi connectivity index (χ3v) is 2.01. The van der Waals surface area contributed by atoms with E-state index >= 15 is 0 Å². The van der Waals surface area contributed by atoms with E-state index in [9.17, 15) is 5.11 Å². The van der Waals surface area contributed by atoms with E-state index in [0.717, 1.165) is 6.42 Å². The lowest BCUT2D eigenvalue weighted by molar-refractivity contribution is 0.143. The lowest BCUT2D eigenvalue weighted by Gasteiger charge is -2.01. The van der Waals surface area contributed by atoms with Crippen molar-refractivity contribution in [1.82, 2.24) is 10.1 Å². The van der Waals surface area contributed by atoms with E-state index in [1.54, 1.807) is 0 Å². The van der Waals surface area contributed by atoms with Crippen LogP contribution in [-0.2, 0) is 11.2 Å². The number of aliphatic hydroxyl groups is 1. The fourth-order valence-electron chi connectivity index (χ4n) is 1.21. The Morgan fingerprint density at radius 3 is 2.93 bits per heavy atom. The molecule has 0 fully saturated rings. The third-order valence-electron chi connectivity index (χ3n) is 2.01. The Morgan fingerprint density at radius 1 is 1.47 bits per heavy atom. The molecule has 0 aromatic carbocycles. The van der Waals surface area contributed by atoms with Crippen molar-refractivity contribution < 1.29 is 14.4 Å². The molecule has 0 saturated carbocycles. The molecule has 5 heteroatoms. The Balaban J connectivity index is 2.41. The number of rotatable bonds is 7. The summed E-state index contributed by atoms with van der Waals surface area (Å²) in [5, 5.41) is 13.3. The fourth-order valence-corrected chi connectivity index (χ4v) is 1.21. The summed E-state index contributed by atoms with van der Waals surface area (Å²) in [4.78, 5) is 4.09. The average Bonchev–Trinajstić information content (AvgIpc) is 2.67. The van der Waals surface area contributed by atoms with Crippen LogP contribution in [0.25, 0.3) is 0 Å². The number of ether oxygens (including phenoxy) is 1. The first-order valence-electron chi connectivity index (χ1n) is 5.36. The van der Waals surface area contributed by atoms with Gasteiger partial charge in [-0.2, -0.15) is 4.98 Å². The van der Waals surface area contributed by atoms with E-state index in [-0.39, 0.29) is 0 Å². The molecule has 0 aliphatic carbocycles. The minimum Gasteiger partial charge on any atom is -0.385 e. The van der Waals surface area contributed by atoms with Gasteiger partial charge in [0.1, 0.15) is 6.10 Å². The molecule has 5 nitrogen and oxygen atoms in total. The van der Waals surface area contributed by atoms with Crippen molar-refractivity contribution in [3.8, 4) is 0 Å². The lowest BCUT2D eigenvalue weighted by Crippen LogP contribution is -2.01. The smallest absolute Gasteiger partial charge is 0.229 e. The van der Waals surface area contributed by atoms with Crippen molar-refractivity contribution in [2.45, 2.75) is 39.2 Å². The van der Waals surface area contributed by atoms with Crippen LogP contribution in [0.3, 0.4) is 0 Å². The quantitative estimate of drug-likeness (QED) is 0.696. The normalized spacial score (nSPS) is 13.0. The highest BCUT2D eigenvalue weighted by Gasteiger charge is 2.14. The summed E-state index contributed by atoms with van der Waals surface area (Å²) in [5.74, 6) is 0.900. The Labute approximate surface area is 89.4 Å². The summed E-state index contributed by atoms with van der Waals surface area (Å²) in [6.07, 6.45) is 1.54. The molecule has 0 aliphatic rings. The van der Waals surface area contributed by atoms with Crippen LogP contribution in [0.2, 0.25) is 0 Å². The SMILES string of the molecule is CCCC(O)c1noc(CCOCC)n1. The molecule has 1 N–H and O–H groups in total. The topological polar surface area (TPSA) is 68.4 Å². The minimum absolute atomic E-state index is 0.378. The standard InChI is InChI=1S/C10H18N2O3/c1-3-5-8(13)10-11-9(15-12-10)6-7-14-4-2/h8,13H,3-7H2,1-2H3. The molecule has 86 valence electrons. The van der Waals surface area contributed by atoms with E-state index < -0.39 is 6.10 Å². The van der Waals surface area contributed by atoms with Gasteiger partial charge in [0.05, 0.1) is 13.0 Å². The van der Waals surface area contributed by atoms with Crippen LogP contribution < -0.4 is 0 Å². The van der Waals surface area contributed by atoms with Gasteiger partial charge in [0, 0.05) is 6.61 Å². The van der Waals surface area contributed by atoms with Crippen molar-refractivity contribution in [1.29, 1.82) is 0 Å². The molecule has 1 rings (SSSR count). The second-order valence-electron chi connectivity index (χ2n) is 3.30. The van der Waals surface area contributed by atoms with Gasteiger partial charge in [-0.1, -0.05) is 18.5 Å². The number of nitrogens with zero attached hydrogens (tertiary/aromatic N) is 2. The maximum absolute atomic E-state index is 9.59. The van der Waals surface area contributed by atoms with Gasteiger partial charge in [0.15, 0.2) is 5.82 Å². The molecule has 1 aromatic heterocycles. The molecule has 0 amide bonds. The minimum atomic E-state index is -0.611. The van der Waals surface area contributed by atoms with E-state index in [0.29, 0.717) is 37.8 Å². The summed E-state index contributed by atoms with van der Waals surface area (Å²) < 4.78 is 10.1. The second kappa shape index (κ2) is 6.53. The van der Waals surface area contributed by atoms with Crippen LogP contribution in [0.5, 0.6) is 0 Å². The van der Waals surface area contributed by atoms with Crippen molar-refractivity contribution in [2.75, 3.05) is 13.2 Å².